The molecule has 8 heteroatoms. The Kier molecular flexibility index (Phi) is 3.85. The molecule has 0 fully saturated rings. The molecule has 5 N–H and O–H groups in total. The van der Waals surface area contributed by atoms with Crippen molar-refractivity contribution in [2.24, 2.45) is 5.14 Å². The number of nitrogens with one attached hydrogen (secondary N) is 1. The van der Waals surface area contributed by atoms with Crippen molar-refractivity contribution in [2.45, 2.75) is 4.90 Å². The Morgan fingerprint density at radius 1 is 1.15 bits per heavy atom. The van der Waals surface area contributed by atoms with Crippen LogP contribution in [-0.4, -0.2) is 8.42 Å². The summed E-state index contributed by atoms with van der Waals surface area (Å²) in [5.41, 5.74) is 6.32. The van der Waals surface area contributed by atoms with Gasteiger partial charge in [0.25, 0.3) is 0 Å². The topological polar surface area (TPSA) is 98.2 Å². The van der Waals surface area contributed by atoms with E-state index in [1.807, 2.05) is 0 Å². The fourth-order valence-electron chi connectivity index (χ4n) is 1.61. The zero-order valence-electron chi connectivity index (χ0n) is 10.1. The summed E-state index contributed by atoms with van der Waals surface area (Å²) in [5, 5.41) is 7.85. The van der Waals surface area contributed by atoms with Crippen LogP contribution in [0.25, 0.3) is 0 Å². The van der Waals surface area contributed by atoms with Crippen LogP contribution < -0.4 is 16.2 Å². The van der Waals surface area contributed by atoms with Gasteiger partial charge in [0.2, 0.25) is 10.0 Å². The molecule has 0 saturated carbocycles. The Hall–Kier alpha value is -1.83. The summed E-state index contributed by atoms with van der Waals surface area (Å²) < 4.78 is 36.4. The fourth-order valence-corrected chi connectivity index (χ4v) is 2.45. The van der Waals surface area contributed by atoms with Crippen LogP contribution in [0.1, 0.15) is 0 Å². The Morgan fingerprint density at radius 3 is 2.45 bits per heavy atom. The molecular formula is C12H11ClFN3O2S. The number of hydrogen-bond donors (Lipinski definition) is 3. The number of rotatable bonds is 3. The first-order chi connectivity index (χ1) is 9.27. The molecule has 0 aliphatic heterocycles. The van der Waals surface area contributed by atoms with Gasteiger partial charge in [0.15, 0.2) is 0 Å². The van der Waals surface area contributed by atoms with Crippen molar-refractivity contribution < 1.29 is 12.8 Å². The van der Waals surface area contributed by atoms with E-state index in [1.54, 1.807) is 0 Å². The molecule has 0 saturated heterocycles. The first-order valence-electron chi connectivity index (χ1n) is 5.42. The lowest BCUT2D eigenvalue weighted by molar-refractivity contribution is 0.598. The minimum absolute atomic E-state index is 0.0282. The van der Waals surface area contributed by atoms with E-state index in [9.17, 15) is 12.8 Å². The second kappa shape index (κ2) is 5.28. The maximum atomic E-state index is 13.3. The highest BCUT2D eigenvalue weighted by Gasteiger charge is 2.15. The van der Waals surface area contributed by atoms with Crippen LogP contribution >= 0.6 is 11.6 Å². The predicted molar refractivity (Wildman–Crippen MR) is 76.9 cm³/mol. The fraction of sp³-hybridized carbons (Fsp3) is 0. The molecule has 0 heterocycles. The van der Waals surface area contributed by atoms with E-state index < -0.39 is 15.8 Å². The summed E-state index contributed by atoms with van der Waals surface area (Å²) in [7, 11) is -3.96. The third-order valence-corrected chi connectivity index (χ3v) is 3.77. The molecule has 0 amide bonds. The highest BCUT2D eigenvalue weighted by atomic mass is 35.5. The minimum Gasteiger partial charge on any atom is -0.399 e. The zero-order chi connectivity index (χ0) is 14.9. The molecule has 20 heavy (non-hydrogen) atoms. The van der Waals surface area contributed by atoms with Crippen molar-refractivity contribution in [1.82, 2.24) is 0 Å². The van der Waals surface area contributed by atoms with E-state index in [0.717, 1.165) is 6.07 Å². The molecule has 0 radical (unpaired) electrons. The lowest BCUT2D eigenvalue weighted by Crippen LogP contribution is -2.14. The van der Waals surface area contributed by atoms with Crippen LogP contribution in [0, 0.1) is 5.82 Å². The van der Waals surface area contributed by atoms with Crippen molar-refractivity contribution in [3.63, 3.8) is 0 Å². The number of benzene rings is 2. The molecule has 0 aromatic heterocycles. The second-order valence-corrected chi connectivity index (χ2v) is 5.99. The molecule has 2 rings (SSSR count). The van der Waals surface area contributed by atoms with Crippen LogP contribution in [0.5, 0.6) is 0 Å². The summed E-state index contributed by atoms with van der Waals surface area (Å²) in [6.07, 6.45) is 0. The van der Waals surface area contributed by atoms with Crippen molar-refractivity contribution in [3.8, 4) is 0 Å². The predicted octanol–water partition coefficient (Wildman–Crippen LogP) is 2.45. The second-order valence-electron chi connectivity index (χ2n) is 4.05. The average molecular weight is 316 g/mol. The number of nitrogens with two attached hydrogens (primary N) is 2. The molecule has 106 valence electrons. The molecule has 0 atom stereocenters. The van der Waals surface area contributed by atoms with Crippen LogP contribution in [0.15, 0.2) is 41.3 Å². The summed E-state index contributed by atoms with van der Waals surface area (Å²) in [6, 6.07) is 8.18. The Morgan fingerprint density at radius 2 is 1.85 bits per heavy atom. The van der Waals surface area contributed by atoms with Crippen molar-refractivity contribution in [2.75, 3.05) is 11.1 Å². The zero-order valence-corrected chi connectivity index (χ0v) is 11.7. The quantitative estimate of drug-likeness (QED) is 0.758. The molecular weight excluding hydrogens is 305 g/mol. The smallest absolute Gasteiger partial charge is 0.240 e. The van der Waals surface area contributed by atoms with Gasteiger partial charge in [0, 0.05) is 11.4 Å². The summed E-state index contributed by atoms with van der Waals surface area (Å²) in [4.78, 5) is -0.173. The Balaban J connectivity index is 2.46. The van der Waals surface area contributed by atoms with Crippen LogP contribution in [0.4, 0.5) is 21.5 Å². The molecule has 0 aliphatic rings. The van der Waals surface area contributed by atoms with Gasteiger partial charge in [0.1, 0.15) is 10.7 Å². The molecule has 5 nitrogen and oxygen atoms in total. The minimum atomic E-state index is -3.96. The first kappa shape index (κ1) is 14.6. The SMILES string of the molecule is Nc1ccc(Nc2ccc(Cl)c(F)c2)c(S(N)(=O)=O)c1. The lowest BCUT2D eigenvalue weighted by atomic mass is 10.2. The van der Waals surface area contributed by atoms with Gasteiger partial charge in [-0.15, -0.1) is 0 Å². The van der Waals surface area contributed by atoms with E-state index >= 15 is 0 Å². The van der Waals surface area contributed by atoms with Gasteiger partial charge in [0.05, 0.1) is 10.7 Å². The summed E-state index contributed by atoms with van der Waals surface area (Å²) in [5.74, 6) is -0.621. The van der Waals surface area contributed by atoms with Crippen molar-refractivity contribution in [1.29, 1.82) is 0 Å². The van der Waals surface area contributed by atoms with Crippen LogP contribution in [0.3, 0.4) is 0 Å². The number of sulfonamides is 1. The molecule has 0 bridgehead atoms. The highest BCUT2D eigenvalue weighted by Crippen LogP contribution is 2.27. The first-order valence-corrected chi connectivity index (χ1v) is 7.34. The largest absolute Gasteiger partial charge is 0.399 e. The summed E-state index contributed by atoms with van der Waals surface area (Å²) >= 11 is 5.57. The monoisotopic (exact) mass is 315 g/mol. The molecule has 2 aromatic rings. The standard InChI is InChI=1S/C12H11ClFN3O2S/c13-9-3-2-8(6-10(9)14)17-11-4-1-7(15)5-12(11)20(16,18)19/h1-6,17H,15H2,(H2,16,18,19). The van der Waals surface area contributed by atoms with Crippen LogP contribution in [0.2, 0.25) is 5.02 Å². The Bertz CT molecular complexity index is 765. The Labute approximate surface area is 120 Å². The lowest BCUT2D eigenvalue weighted by Gasteiger charge is -2.11. The van der Waals surface area contributed by atoms with E-state index in [0.29, 0.717) is 5.69 Å². The van der Waals surface area contributed by atoms with E-state index in [-0.39, 0.29) is 21.3 Å². The van der Waals surface area contributed by atoms with Gasteiger partial charge in [-0.25, -0.2) is 17.9 Å². The van der Waals surface area contributed by atoms with Gasteiger partial charge in [-0.2, -0.15) is 0 Å². The van der Waals surface area contributed by atoms with Gasteiger partial charge in [-0.1, -0.05) is 11.6 Å². The van der Waals surface area contributed by atoms with E-state index in [4.69, 9.17) is 22.5 Å². The maximum absolute atomic E-state index is 13.3. The van der Waals surface area contributed by atoms with Crippen LogP contribution in [-0.2, 0) is 10.0 Å². The number of anilines is 3. The number of primary sulfonamides is 1. The van der Waals surface area contributed by atoms with Gasteiger partial charge >= 0.3 is 0 Å². The average Bonchev–Trinajstić information content (AvgIpc) is 2.35. The van der Waals surface area contributed by atoms with E-state index in [2.05, 4.69) is 5.32 Å². The van der Waals surface area contributed by atoms with Gasteiger partial charge in [-0.3, -0.25) is 0 Å². The third kappa shape index (κ3) is 3.19. The molecule has 0 aliphatic carbocycles. The normalized spacial score (nSPS) is 11.3. The third-order valence-electron chi connectivity index (χ3n) is 2.51. The van der Waals surface area contributed by atoms with Gasteiger partial charge in [-0.05, 0) is 36.4 Å². The highest BCUT2D eigenvalue weighted by molar-refractivity contribution is 7.89. The van der Waals surface area contributed by atoms with Crippen molar-refractivity contribution >= 4 is 38.7 Å². The van der Waals surface area contributed by atoms with E-state index in [1.165, 1.54) is 30.3 Å². The number of hydrogen-bond acceptors (Lipinski definition) is 4. The van der Waals surface area contributed by atoms with Crippen molar-refractivity contribution in [3.05, 3.63) is 47.2 Å². The molecule has 0 unspecified atom stereocenters. The van der Waals surface area contributed by atoms with Gasteiger partial charge < -0.3 is 11.1 Å². The summed E-state index contributed by atoms with van der Waals surface area (Å²) in [6.45, 7) is 0. The molecule has 2 aromatic carbocycles. The molecule has 0 spiro atoms. The number of halogens is 2. The number of nitrogen functional groups attached to an aromatic ring is 1. The maximum Gasteiger partial charge on any atom is 0.240 e.